The minimum Gasteiger partial charge on any atom is -0.481 e. The van der Waals surface area contributed by atoms with Crippen LogP contribution in [0.1, 0.15) is 258 Å². The summed E-state index contributed by atoms with van der Waals surface area (Å²) in [6, 6.07) is -6.98. The largest absolute Gasteiger partial charge is 0.481 e. The van der Waals surface area contributed by atoms with E-state index < -0.39 is 225 Å². The standard InChI is InChI=1S/C84H134N12O23S2/c1-7-8-9-10-11-12-13-14-15-16-17-18-19-20-21-29-69(101)86-37-36-70(102)89-59(40-51(2)3)66(98)43-56(30-33-68(85)100)76(110)92-62-49-120-47-54-25-22-26-55(42-54)48-121-50-63(80(114)90-60(41-52(4)5)82(116)96-39-24-28-65(96)84(118)119)93-78(112)58(32-35-73(106)107)88-71(103)46-87-81(115)75(53(6)97)94-77(111)57(31-34-72(104)105)44-67(99)64-27-23-38-95(64)83(117)61(45-74(108)109)91-79(62)113/h22,25-26,42,51-53,56-65,68,75,97,100H,7-21,23-24,27-41,43-50,85H2,1-6H3,(H,86,101)(H,87,115)(H,88,103)(H,89,102)(H,90,114)(H,91,113)(H,92,110)(H,93,112)(H,94,111)(H,104,105)(H,106,107)(H,108,109)(H,118,119)/t53?,56-,57-,58+,59+,60+,61+,62+,63+,64+,65+,68?,75+/m1/s1. The number of hydrogen-bond acceptors (Lipinski definition) is 22. The summed E-state index contributed by atoms with van der Waals surface area (Å²) in [6.07, 6.45) is 9.74. The van der Waals surface area contributed by atoms with Gasteiger partial charge in [-0.1, -0.05) is 149 Å². The Morgan fingerprint density at radius 3 is 1.77 bits per heavy atom. The molecule has 0 saturated carbocycles. The number of thioether (sulfide) groups is 2. The predicted octanol–water partition coefficient (Wildman–Crippen LogP) is 4.40. The average Bonchev–Trinajstić information content (AvgIpc) is 1.81. The summed E-state index contributed by atoms with van der Waals surface area (Å²) in [6.45, 7) is 9.34. The minimum absolute atomic E-state index is 0.0131. The summed E-state index contributed by atoms with van der Waals surface area (Å²) in [7, 11) is 0. The van der Waals surface area contributed by atoms with Crippen LogP contribution in [0.25, 0.3) is 0 Å². The SMILES string of the molecule is CCCCCCCCCCCCCCCCCC(=O)NCCC(=O)N[C@@H](CC(C)C)C(=O)C[C@@H](CCC(N)O)C(=O)N[C@H]1CSCc2cccc(c2)CSC[C@@H](C(=O)N[C@@H](CC(C)C)C(=O)N2CCC[C@H]2C(=O)O)NC(=O)[C@H](CCC(=O)O)NC(=O)CNC(=O)[C@H](C(C)O)NC(=O)[C@H](CCC(=O)O)CC(=O)[C@@H]2CCCN2C(=O)[C@H](CC(=O)O)NC1=O. The van der Waals surface area contributed by atoms with E-state index in [9.17, 15) is 107 Å². The molecule has 35 nitrogen and oxygen atoms in total. The van der Waals surface area contributed by atoms with Gasteiger partial charge < -0.3 is 94.0 Å². The van der Waals surface area contributed by atoms with Gasteiger partial charge in [-0.3, -0.25) is 76.7 Å². The maximum atomic E-state index is 15.0. The molecule has 37 heteroatoms. The molecule has 680 valence electrons. The summed E-state index contributed by atoms with van der Waals surface area (Å²) >= 11 is 2.18. The first-order valence-corrected chi connectivity index (χ1v) is 45.3. The van der Waals surface area contributed by atoms with Gasteiger partial charge in [-0.2, -0.15) is 23.5 Å². The minimum atomic E-state index is -1.95. The highest BCUT2D eigenvalue weighted by Crippen LogP contribution is 2.28. The molecule has 0 spiro atoms. The zero-order valence-corrected chi connectivity index (χ0v) is 72.8. The van der Waals surface area contributed by atoms with Crippen molar-refractivity contribution in [2.75, 3.05) is 37.7 Å². The number of Topliss-reactive ketones (excluding diaryl/α,β-unsaturated/α-hetero) is 2. The Hall–Kier alpha value is -8.81. The summed E-state index contributed by atoms with van der Waals surface area (Å²) in [5, 5.41) is 83.9. The van der Waals surface area contributed by atoms with E-state index in [0.29, 0.717) is 24.0 Å². The van der Waals surface area contributed by atoms with E-state index in [1.165, 1.54) is 64.2 Å². The Labute approximate surface area is 717 Å². The van der Waals surface area contributed by atoms with E-state index in [2.05, 4.69) is 54.8 Å². The third kappa shape index (κ3) is 40.8. The molecule has 3 heterocycles. The lowest BCUT2D eigenvalue weighted by Gasteiger charge is -2.30. The van der Waals surface area contributed by atoms with Crippen molar-refractivity contribution in [2.45, 2.75) is 325 Å². The Morgan fingerprint density at radius 2 is 1.19 bits per heavy atom. The molecule has 3 aliphatic rings. The van der Waals surface area contributed by atoms with Crippen molar-refractivity contribution >= 4 is 124 Å². The van der Waals surface area contributed by atoms with Crippen LogP contribution in [-0.2, 0) is 93.0 Å². The predicted molar refractivity (Wildman–Crippen MR) is 452 cm³/mol. The van der Waals surface area contributed by atoms with E-state index in [-0.39, 0.29) is 118 Å². The van der Waals surface area contributed by atoms with Crippen molar-refractivity contribution in [1.82, 2.24) is 57.7 Å². The van der Waals surface area contributed by atoms with Gasteiger partial charge >= 0.3 is 23.9 Å². The van der Waals surface area contributed by atoms with Crippen molar-refractivity contribution in [3.63, 3.8) is 0 Å². The molecular formula is C84H134N12O23S2. The van der Waals surface area contributed by atoms with E-state index in [1.807, 2.05) is 13.8 Å². The fraction of sp³-hybridized carbons (Fsp3) is 0.726. The quantitative estimate of drug-likeness (QED) is 0.0318. The van der Waals surface area contributed by atoms with E-state index >= 15 is 4.79 Å². The highest BCUT2D eigenvalue weighted by molar-refractivity contribution is 7.98. The first-order valence-electron chi connectivity index (χ1n) is 43.0. The average molecular weight is 1740 g/mol. The number of amides is 11. The molecule has 17 N–H and O–H groups in total. The van der Waals surface area contributed by atoms with Gasteiger partial charge in [0.1, 0.15) is 48.5 Å². The third-order valence-electron chi connectivity index (χ3n) is 21.5. The van der Waals surface area contributed by atoms with E-state index in [0.717, 1.165) is 65.9 Å². The maximum Gasteiger partial charge on any atom is 0.326 e. The molecule has 2 bridgehead atoms. The number of fused-ring (bicyclic) bond motifs is 3. The van der Waals surface area contributed by atoms with Crippen LogP contribution >= 0.6 is 23.5 Å². The Morgan fingerprint density at radius 1 is 0.603 bits per heavy atom. The number of carbonyl (C=O) groups excluding carboxylic acids is 13. The van der Waals surface area contributed by atoms with Crippen LogP contribution in [0.5, 0.6) is 0 Å². The van der Waals surface area contributed by atoms with Crippen LogP contribution in [0.15, 0.2) is 24.3 Å². The van der Waals surface area contributed by atoms with Crippen molar-refractivity contribution in [3.05, 3.63) is 35.4 Å². The molecule has 121 heavy (non-hydrogen) atoms. The van der Waals surface area contributed by atoms with Gasteiger partial charge in [0.05, 0.1) is 31.2 Å². The van der Waals surface area contributed by atoms with E-state index in [1.54, 1.807) is 38.1 Å². The molecule has 2 fully saturated rings. The number of aliphatic hydroxyl groups is 2. The first-order chi connectivity index (χ1) is 57.5. The number of carbonyl (C=O) groups is 17. The van der Waals surface area contributed by atoms with Crippen LogP contribution < -0.4 is 53.6 Å². The Kier molecular flexibility index (Phi) is 49.1. The number of ketones is 2. The number of nitrogens with one attached hydrogen (secondary N) is 9. The number of likely N-dealkylation sites (tertiary alicyclic amines) is 1. The van der Waals surface area contributed by atoms with Crippen molar-refractivity contribution in [1.29, 1.82) is 0 Å². The lowest BCUT2D eigenvalue weighted by Crippen LogP contribution is -2.59. The number of nitrogens with two attached hydrogens (primary N) is 1. The molecule has 1 aromatic rings. The third-order valence-corrected chi connectivity index (χ3v) is 23.7. The van der Waals surface area contributed by atoms with Gasteiger partial charge in [0, 0.05) is 93.0 Å². The number of nitrogens with zero attached hydrogens (tertiary/aromatic N) is 2. The molecule has 2 unspecified atom stereocenters. The summed E-state index contributed by atoms with van der Waals surface area (Å²) in [5.41, 5.74) is 7.04. The fourth-order valence-corrected chi connectivity index (χ4v) is 16.9. The zero-order chi connectivity index (χ0) is 89.7. The fourth-order valence-electron chi connectivity index (χ4n) is 14.9. The molecule has 1 aromatic carbocycles. The number of benzene rings is 1. The molecule has 0 aliphatic carbocycles. The second-order valence-electron chi connectivity index (χ2n) is 32.9. The van der Waals surface area contributed by atoms with Crippen molar-refractivity contribution < 1.29 is 112 Å². The van der Waals surface area contributed by atoms with Crippen molar-refractivity contribution in [2.24, 2.45) is 29.4 Å². The molecule has 4 rings (SSSR count). The highest BCUT2D eigenvalue weighted by atomic mass is 32.2. The topological polar surface area (TPSA) is 552 Å². The number of rotatable bonds is 45. The van der Waals surface area contributed by atoms with Gasteiger partial charge in [-0.15, -0.1) is 0 Å². The second kappa shape index (κ2) is 56.8. The Bertz CT molecular complexity index is 3590. The van der Waals surface area contributed by atoms with E-state index in [4.69, 9.17) is 5.73 Å². The number of aliphatic carboxylic acids is 4. The normalized spacial score (nSPS) is 21.6. The monoisotopic (exact) mass is 1740 g/mol. The molecule has 13 atom stereocenters. The highest BCUT2D eigenvalue weighted by Gasteiger charge is 2.43. The van der Waals surface area contributed by atoms with Gasteiger partial charge in [0.2, 0.25) is 65.0 Å². The van der Waals surface area contributed by atoms with Crippen LogP contribution in [-0.4, -0.2) is 245 Å². The van der Waals surface area contributed by atoms with Gasteiger partial charge in [-0.05, 0) is 101 Å². The number of carboxylic acids is 4. The molecule has 2 saturated heterocycles. The van der Waals surface area contributed by atoms with Crippen molar-refractivity contribution in [3.8, 4) is 0 Å². The Balaban J connectivity index is 1.71. The molecule has 3 aliphatic heterocycles. The first kappa shape index (κ1) is 105. The van der Waals surface area contributed by atoms with Crippen LogP contribution in [0.3, 0.4) is 0 Å². The van der Waals surface area contributed by atoms with Crippen LogP contribution in [0, 0.1) is 23.7 Å². The number of carboxylic acid groups (broad SMARTS) is 4. The molecule has 0 radical (unpaired) electrons. The molecule has 11 amide bonds. The molecular weight excluding hydrogens is 1610 g/mol. The summed E-state index contributed by atoms with van der Waals surface area (Å²) in [5.74, 6) is -21.0. The summed E-state index contributed by atoms with van der Waals surface area (Å²) in [4.78, 5) is 237. The second-order valence-corrected chi connectivity index (χ2v) is 35.0. The lowest BCUT2D eigenvalue weighted by atomic mass is 9.90. The van der Waals surface area contributed by atoms with Crippen LogP contribution in [0.2, 0.25) is 0 Å². The molecule has 0 aromatic heterocycles. The number of hydrogen-bond donors (Lipinski definition) is 16. The van der Waals surface area contributed by atoms with Crippen LogP contribution in [0.4, 0.5) is 0 Å². The zero-order valence-electron chi connectivity index (χ0n) is 71.2. The number of aliphatic hydroxyl groups excluding tert-OH is 2. The lowest BCUT2D eigenvalue weighted by molar-refractivity contribution is -0.149. The maximum absolute atomic E-state index is 15.0. The van der Waals surface area contributed by atoms with Gasteiger partial charge in [-0.25, -0.2) is 4.79 Å². The summed E-state index contributed by atoms with van der Waals surface area (Å²) < 4.78 is 0. The smallest absolute Gasteiger partial charge is 0.326 e. The van der Waals surface area contributed by atoms with Gasteiger partial charge in [0.15, 0.2) is 11.6 Å². The van der Waals surface area contributed by atoms with Gasteiger partial charge in [0.25, 0.3) is 0 Å². The number of unbranched alkanes of at least 4 members (excludes halogenated alkanes) is 14.